The molecule has 2 atom stereocenters. The number of aromatic nitrogens is 3. The number of anilines is 1. The van der Waals surface area contributed by atoms with Crippen LogP contribution >= 0.6 is 11.3 Å². The van der Waals surface area contributed by atoms with Crippen LogP contribution in [0.4, 0.5) is 19.0 Å². The molecule has 246 valence electrons. The summed E-state index contributed by atoms with van der Waals surface area (Å²) in [5.41, 5.74) is 4.17. The molecule has 3 aromatic heterocycles. The van der Waals surface area contributed by atoms with Crippen molar-refractivity contribution in [3.8, 4) is 6.07 Å². The first-order valence-corrected chi connectivity index (χ1v) is 18.0. The van der Waals surface area contributed by atoms with Crippen LogP contribution in [-0.2, 0) is 30.5 Å². The topological polar surface area (TPSA) is 93.3 Å². The third kappa shape index (κ3) is 7.23. The number of nitrogens with zero attached hydrogens (tertiary/aromatic N) is 7. The van der Waals surface area contributed by atoms with Gasteiger partial charge in [0.05, 0.1) is 22.8 Å². The van der Waals surface area contributed by atoms with Gasteiger partial charge in [-0.15, -0.1) is 11.3 Å². The molecule has 6 rings (SSSR count). The van der Waals surface area contributed by atoms with Gasteiger partial charge in [0.15, 0.2) is 0 Å². The zero-order chi connectivity index (χ0) is 32.6. The normalized spacial score (nSPS) is 19.1. The van der Waals surface area contributed by atoms with E-state index in [1.807, 2.05) is 10.4 Å². The maximum atomic E-state index is 12.9. The molecule has 0 aliphatic carbocycles. The Balaban J connectivity index is 1.08. The molecule has 46 heavy (non-hydrogen) atoms. The number of piperazine rings is 1. The smallest absolute Gasteiger partial charge is 0.367 e. The van der Waals surface area contributed by atoms with E-state index in [4.69, 9.17) is 0 Å². The highest BCUT2D eigenvalue weighted by Gasteiger charge is 2.30. The van der Waals surface area contributed by atoms with Gasteiger partial charge in [0.2, 0.25) is 0 Å². The lowest BCUT2D eigenvalue weighted by atomic mass is 10.0. The molecule has 1 aromatic carbocycles. The van der Waals surface area contributed by atoms with Crippen LogP contribution in [0, 0.1) is 18.3 Å². The van der Waals surface area contributed by atoms with Gasteiger partial charge in [-0.1, -0.05) is 6.07 Å². The number of halogens is 3. The van der Waals surface area contributed by atoms with Crippen molar-refractivity contribution in [1.82, 2.24) is 28.6 Å². The second kappa shape index (κ2) is 13.6. The van der Waals surface area contributed by atoms with E-state index in [9.17, 15) is 22.6 Å². The number of nitriles is 1. The molecule has 0 bridgehead atoms. The van der Waals surface area contributed by atoms with Gasteiger partial charge in [-0.2, -0.15) is 18.4 Å². The molecule has 0 amide bonds. The van der Waals surface area contributed by atoms with E-state index in [-0.39, 0.29) is 17.0 Å². The lowest BCUT2D eigenvalue weighted by Crippen LogP contribution is -2.50. The van der Waals surface area contributed by atoms with E-state index in [1.54, 1.807) is 12.3 Å². The maximum absolute atomic E-state index is 12.9. The van der Waals surface area contributed by atoms with Crippen molar-refractivity contribution in [2.24, 2.45) is 0 Å². The van der Waals surface area contributed by atoms with Crippen LogP contribution in [0.2, 0.25) is 0 Å². The van der Waals surface area contributed by atoms with E-state index in [2.05, 4.69) is 61.7 Å². The van der Waals surface area contributed by atoms with Crippen molar-refractivity contribution in [3.63, 3.8) is 0 Å². The number of likely N-dealkylation sites (tertiary alicyclic amines) is 1. The molecular weight excluding hydrogens is 634 g/mol. The van der Waals surface area contributed by atoms with Crippen molar-refractivity contribution in [1.29, 1.82) is 5.26 Å². The Morgan fingerprint density at radius 1 is 1.11 bits per heavy atom. The fourth-order valence-corrected chi connectivity index (χ4v) is 8.44. The van der Waals surface area contributed by atoms with Crippen LogP contribution in [0.3, 0.4) is 0 Å². The van der Waals surface area contributed by atoms with E-state index in [0.717, 1.165) is 80.9 Å². The van der Waals surface area contributed by atoms with Gasteiger partial charge in [0.1, 0.15) is 28.7 Å². The first kappa shape index (κ1) is 32.8. The monoisotopic (exact) mass is 672 g/mol. The van der Waals surface area contributed by atoms with Gasteiger partial charge >= 0.3 is 6.18 Å². The molecule has 2 fully saturated rings. The number of alkyl halides is 3. The molecule has 0 radical (unpaired) electrons. The molecule has 0 spiro atoms. The van der Waals surface area contributed by atoms with Crippen molar-refractivity contribution in [3.05, 3.63) is 52.3 Å². The summed E-state index contributed by atoms with van der Waals surface area (Å²) in [6.45, 7) is 10.9. The summed E-state index contributed by atoms with van der Waals surface area (Å²) in [5.74, 6) is 0.598. The highest BCUT2D eigenvalue weighted by atomic mass is 32.2. The molecule has 2 aliphatic heterocycles. The number of thiophene rings is 1. The van der Waals surface area contributed by atoms with Crippen molar-refractivity contribution < 1.29 is 17.4 Å². The van der Waals surface area contributed by atoms with E-state index >= 15 is 0 Å². The minimum absolute atomic E-state index is 0.171. The van der Waals surface area contributed by atoms with E-state index in [0.29, 0.717) is 28.3 Å². The quantitative estimate of drug-likeness (QED) is 0.258. The van der Waals surface area contributed by atoms with Gasteiger partial charge in [0, 0.05) is 86.5 Å². The van der Waals surface area contributed by atoms with E-state index < -0.39 is 23.6 Å². The molecular formula is C32H39F3N8OS2. The Morgan fingerprint density at radius 3 is 2.52 bits per heavy atom. The highest BCUT2D eigenvalue weighted by molar-refractivity contribution is 7.81. The summed E-state index contributed by atoms with van der Waals surface area (Å²) in [5, 5.41) is 15.2. The van der Waals surface area contributed by atoms with Gasteiger partial charge in [-0.05, 0) is 56.0 Å². The molecule has 1 N–H and O–H groups in total. The van der Waals surface area contributed by atoms with Crippen LogP contribution < -0.4 is 5.32 Å². The summed E-state index contributed by atoms with van der Waals surface area (Å²) < 4.78 is 54.8. The summed E-state index contributed by atoms with van der Waals surface area (Å²) in [6.07, 6.45) is -0.291. The zero-order valence-electron chi connectivity index (χ0n) is 26.3. The largest absolute Gasteiger partial charge is 0.393 e. The number of fused-ring (bicyclic) bond motifs is 2. The maximum Gasteiger partial charge on any atom is 0.393 e. The number of aryl methyl sites for hydroxylation is 1. The molecule has 9 nitrogen and oxygen atoms in total. The predicted molar refractivity (Wildman–Crippen MR) is 177 cm³/mol. The number of hydrogen-bond donors (Lipinski definition) is 1. The minimum Gasteiger partial charge on any atom is -0.367 e. The van der Waals surface area contributed by atoms with Crippen LogP contribution in [0.25, 0.3) is 21.1 Å². The second-order valence-corrected chi connectivity index (χ2v) is 14.9. The first-order chi connectivity index (χ1) is 22.0. The number of rotatable bonds is 9. The van der Waals surface area contributed by atoms with Crippen LogP contribution in [0.1, 0.15) is 41.5 Å². The number of nitrogens with one attached hydrogen (secondary N) is 1. The lowest BCUT2D eigenvalue weighted by Gasteiger charge is -2.37. The molecule has 2 saturated heterocycles. The summed E-state index contributed by atoms with van der Waals surface area (Å²) in [4.78, 5) is 14.2. The second-order valence-electron chi connectivity index (χ2n) is 12.4. The Labute approximate surface area is 273 Å². The lowest BCUT2D eigenvalue weighted by molar-refractivity contribution is -0.126. The summed E-state index contributed by atoms with van der Waals surface area (Å²) >= 11 is 1.07. The Kier molecular flexibility index (Phi) is 9.68. The predicted octanol–water partition coefficient (Wildman–Crippen LogP) is 5.31. The first-order valence-electron chi connectivity index (χ1n) is 15.6. The number of hydrogen-bond acceptors (Lipinski definition) is 8. The van der Waals surface area contributed by atoms with Crippen molar-refractivity contribution in [2.75, 3.05) is 50.8 Å². The zero-order valence-corrected chi connectivity index (χ0v) is 27.9. The van der Waals surface area contributed by atoms with Gasteiger partial charge in [-0.25, -0.2) is 18.5 Å². The number of piperidine rings is 1. The van der Waals surface area contributed by atoms with Gasteiger partial charge < -0.3 is 9.88 Å². The van der Waals surface area contributed by atoms with Crippen LogP contribution in [0.15, 0.2) is 30.6 Å². The van der Waals surface area contributed by atoms with Gasteiger partial charge in [0.25, 0.3) is 0 Å². The molecule has 5 heterocycles. The number of benzene rings is 1. The Hall–Kier alpha value is -3.09. The fraction of sp³-hybridized carbons (Fsp3) is 0.531. The summed E-state index contributed by atoms with van der Waals surface area (Å²) in [6, 6.07) is 10.7. The standard InChI is InChI=1S/C32H39F3N8OS2/c1-21(41-10-12-42(13-11-41)46(3)44)18-43-25(17-36)14-27-22(2)23(4-5-29(27)43)19-40-8-6-24(7-9-40)39-30-28-15-26(16-32(33,34)35)45-31(28)38-20-37-30/h4-5,14-15,20-21,24H,6-13,16,18-19H2,1-3H3,(H,37,38,39)/t21-,46?/m0/s1. The average Bonchev–Trinajstić information content (AvgIpc) is 3.60. The molecule has 2 aliphatic rings. The molecule has 1 unspecified atom stereocenters. The minimum atomic E-state index is -4.26. The molecule has 14 heteroatoms. The highest BCUT2D eigenvalue weighted by Crippen LogP contribution is 2.33. The van der Waals surface area contributed by atoms with E-state index in [1.165, 1.54) is 17.5 Å². The van der Waals surface area contributed by atoms with Crippen LogP contribution in [-0.4, -0.2) is 96.6 Å². The third-order valence-electron chi connectivity index (χ3n) is 9.37. The fourth-order valence-electron chi connectivity index (χ4n) is 6.74. The third-order valence-corrected chi connectivity index (χ3v) is 11.5. The average molecular weight is 673 g/mol. The van der Waals surface area contributed by atoms with Crippen LogP contribution in [0.5, 0.6) is 0 Å². The SMILES string of the molecule is Cc1c(CN2CCC(Nc3ncnc4sc(CC(F)(F)F)cc34)CC2)ccc2c1cc(C#N)n2C[C@H](C)N1CCN(S(C)=O)CC1. The van der Waals surface area contributed by atoms with Crippen molar-refractivity contribution in [2.45, 2.75) is 64.5 Å². The Bertz CT molecular complexity index is 1760. The van der Waals surface area contributed by atoms with Gasteiger partial charge in [-0.3, -0.25) is 9.80 Å². The summed E-state index contributed by atoms with van der Waals surface area (Å²) in [7, 11) is -0.942. The van der Waals surface area contributed by atoms with Crippen molar-refractivity contribution >= 4 is 49.3 Å². The molecule has 4 aromatic rings. The Morgan fingerprint density at radius 2 is 1.85 bits per heavy atom. The molecule has 0 saturated carbocycles.